The van der Waals surface area contributed by atoms with Crippen LogP contribution in [0.1, 0.15) is 18.2 Å². The third kappa shape index (κ3) is 3.35. The van der Waals surface area contributed by atoms with Crippen molar-refractivity contribution in [1.82, 2.24) is 4.57 Å². The third-order valence-electron chi connectivity index (χ3n) is 2.72. The van der Waals surface area contributed by atoms with Crippen molar-refractivity contribution in [3.63, 3.8) is 0 Å². The van der Waals surface area contributed by atoms with Gasteiger partial charge >= 0.3 is 0 Å². The van der Waals surface area contributed by atoms with Gasteiger partial charge in [-0.3, -0.25) is 0 Å². The second-order valence-electron chi connectivity index (χ2n) is 4.44. The molecule has 17 heavy (non-hydrogen) atoms. The van der Waals surface area contributed by atoms with E-state index in [0.29, 0.717) is 0 Å². The summed E-state index contributed by atoms with van der Waals surface area (Å²) in [4.78, 5) is 0. The number of aromatic nitrogens is 1. The van der Waals surface area contributed by atoms with Gasteiger partial charge in [-0.15, -0.1) is 0 Å². The van der Waals surface area contributed by atoms with E-state index in [9.17, 15) is 0 Å². The van der Waals surface area contributed by atoms with Crippen LogP contribution in [0.2, 0.25) is 5.02 Å². The number of halogens is 1. The molecule has 90 valence electrons. The van der Waals surface area contributed by atoms with Gasteiger partial charge in [-0.2, -0.15) is 0 Å². The monoisotopic (exact) mass is 248 g/mol. The Balaban J connectivity index is 2.13. The molecule has 0 saturated carbocycles. The molecule has 2 rings (SSSR count). The topological polar surface area (TPSA) is 30.9 Å². The second kappa shape index (κ2) is 5.39. The second-order valence-corrected chi connectivity index (χ2v) is 4.87. The first-order chi connectivity index (χ1) is 8.15. The highest BCUT2D eigenvalue weighted by molar-refractivity contribution is 6.30. The Morgan fingerprint density at radius 1 is 1.24 bits per heavy atom. The number of hydrogen-bond acceptors (Lipinski definition) is 1. The molecule has 0 spiro atoms. The lowest BCUT2D eigenvalue weighted by Gasteiger charge is -2.11. The van der Waals surface area contributed by atoms with Crippen molar-refractivity contribution in [2.75, 3.05) is 0 Å². The van der Waals surface area contributed by atoms with E-state index in [-0.39, 0.29) is 6.04 Å². The molecule has 1 heterocycles. The van der Waals surface area contributed by atoms with E-state index >= 15 is 0 Å². The van der Waals surface area contributed by atoms with Crippen LogP contribution < -0.4 is 5.73 Å². The van der Waals surface area contributed by atoms with Crippen molar-refractivity contribution in [3.8, 4) is 0 Å². The summed E-state index contributed by atoms with van der Waals surface area (Å²) in [6.07, 6.45) is 2.99. The van der Waals surface area contributed by atoms with Crippen molar-refractivity contribution >= 4 is 11.6 Å². The van der Waals surface area contributed by atoms with Crippen LogP contribution in [0.3, 0.4) is 0 Å². The molecule has 0 amide bonds. The van der Waals surface area contributed by atoms with Gasteiger partial charge in [0.15, 0.2) is 0 Å². The standard InChI is InChI=1S/C14H17ClN2/c1-11(16)9-14-3-2-8-17(14)10-12-4-6-13(15)7-5-12/h2-8,11H,9-10,16H2,1H3. The SMILES string of the molecule is CC(N)Cc1cccn1Cc1ccc(Cl)cc1. The molecule has 1 unspecified atom stereocenters. The largest absolute Gasteiger partial charge is 0.347 e. The quantitative estimate of drug-likeness (QED) is 0.886. The fourth-order valence-electron chi connectivity index (χ4n) is 1.91. The predicted octanol–water partition coefficient (Wildman–Crippen LogP) is 3.08. The molecule has 0 bridgehead atoms. The summed E-state index contributed by atoms with van der Waals surface area (Å²) in [6, 6.07) is 12.3. The minimum absolute atomic E-state index is 0.189. The molecule has 0 aliphatic heterocycles. The maximum atomic E-state index is 5.87. The molecule has 2 nitrogen and oxygen atoms in total. The zero-order chi connectivity index (χ0) is 12.3. The third-order valence-corrected chi connectivity index (χ3v) is 2.97. The van der Waals surface area contributed by atoms with Crippen LogP contribution in [0.5, 0.6) is 0 Å². The highest BCUT2D eigenvalue weighted by Crippen LogP contribution is 2.13. The first kappa shape index (κ1) is 12.2. The van der Waals surface area contributed by atoms with E-state index in [1.54, 1.807) is 0 Å². The fraction of sp³-hybridized carbons (Fsp3) is 0.286. The summed E-state index contributed by atoms with van der Waals surface area (Å²) in [7, 11) is 0. The molecule has 1 aromatic heterocycles. The summed E-state index contributed by atoms with van der Waals surface area (Å²) in [5.74, 6) is 0. The van der Waals surface area contributed by atoms with Gasteiger partial charge in [0.05, 0.1) is 0 Å². The summed E-state index contributed by atoms with van der Waals surface area (Å²) < 4.78 is 2.23. The summed E-state index contributed by atoms with van der Waals surface area (Å²) >= 11 is 5.87. The fourth-order valence-corrected chi connectivity index (χ4v) is 2.03. The molecule has 2 N–H and O–H groups in total. The van der Waals surface area contributed by atoms with E-state index < -0.39 is 0 Å². The molecule has 1 aromatic carbocycles. The summed E-state index contributed by atoms with van der Waals surface area (Å²) in [6.45, 7) is 2.89. The van der Waals surface area contributed by atoms with E-state index in [1.165, 1.54) is 11.3 Å². The Hall–Kier alpha value is -1.25. The van der Waals surface area contributed by atoms with Crippen LogP contribution in [-0.4, -0.2) is 10.6 Å². The van der Waals surface area contributed by atoms with Crippen molar-refractivity contribution < 1.29 is 0 Å². The Labute approximate surface area is 107 Å². The Bertz CT molecular complexity index is 471. The summed E-state index contributed by atoms with van der Waals surface area (Å²) in [5, 5.41) is 0.775. The van der Waals surface area contributed by atoms with Gasteiger partial charge in [0.2, 0.25) is 0 Å². The van der Waals surface area contributed by atoms with E-state index in [2.05, 4.69) is 35.0 Å². The minimum Gasteiger partial charge on any atom is -0.347 e. The lowest BCUT2D eigenvalue weighted by Crippen LogP contribution is -2.20. The molecular weight excluding hydrogens is 232 g/mol. The molecule has 0 radical (unpaired) electrons. The minimum atomic E-state index is 0.189. The van der Waals surface area contributed by atoms with Crippen molar-refractivity contribution in [2.45, 2.75) is 25.9 Å². The average Bonchev–Trinajstić information content (AvgIpc) is 2.68. The highest BCUT2D eigenvalue weighted by atomic mass is 35.5. The van der Waals surface area contributed by atoms with E-state index in [1.807, 2.05) is 19.1 Å². The van der Waals surface area contributed by atoms with Crippen molar-refractivity contribution in [3.05, 3.63) is 58.9 Å². The van der Waals surface area contributed by atoms with E-state index in [0.717, 1.165) is 18.0 Å². The Kier molecular flexibility index (Phi) is 3.87. The zero-order valence-corrected chi connectivity index (χ0v) is 10.7. The van der Waals surface area contributed by atoms with Crippen LogP contribution in [0, 0.1) is 0 Å². The number of nitrogens with zero attached hydrogens (tertiary/aromatic N) is 1. The van der Waals surface area contributed by atoms with E-state index in [4.69, 9.17) is 17.3 Å². The van der Waals surface area contributed by atoms with Crippen LogP contribution >= 0.6 is 11.6 Å². The van der Waals surface area contributed by atoms with Crippen LogP contribution in [0.4, 0.5) is 0 Å². The molecular formula is C14H17ClN2. The maximum absolute atomic E-state index is 5.87. The van der Waals surface area contributed by atoms with Gasteiger partial charge in [-0.25, -0.2) is 0 Å². The Morgan fingerprint density at radius 2 is 1.94 bits per heavy atom. The molecule has 2 aromatic rings. The highest BCUT2D eigenvalue weighted by Gasteiger charge is 2.04. The van der Waals surface area contributed by atoms with Gasteiger partial charge in [-0.05, 0) is 36.8 Å². The van der Waals surface area contributed by atoms with Crippen molar-refractivity contribution in [2.24, 2.45) is 5.73 Å². The van der Waals surface area contributed by atoms with Gasteiger partial charge < -0.3 is 10.3 Å². The van der Waals surface area contributed by atoms with Crippen molar-refractivity contribution in [1.29, 1.82) is 0 Å². The van der Waals surface area contributed by atoms with Gasteiger partial charge in [0.1, 0.15) is 0 Å². The molecule has 3 heteroatoms. The van der Waals surface area contributed by atoms with Gasteiger partial charge in [-0.1, -0.05) is 23.7 Å². The lowest BCUT2D eigenvalue weighted by atomic mass is 10.2. The molecule has 1 atom stereocenters. The maximum Gasteiger partial charge on any atom is 0.0472 e. The zero-order valence-electron chi connectivity index (χ0n) is 9.94. The average molecular weight is 249 g/mol. The normalized spacial score (nSPS) is 12.6. The first-order valence-electron chi connectivity index (χ1n) is 5.79. The van der Waals surface area contributed by atoms with Crippen LogP contribution in [0.15, 0.2) is 42.6 Å². The molecule has 0 aliphatic carbocycles. The molecule has 0 saturated heterocycles. The molecule has 0 aliphatic rings. The van der Waals surface area contributed by atoms with Crippen LogP contribution in [0.25, 0.3) is 0 Å². The predicted molar refractivity (Wildman–Crippen MR) is 72.3 cm³/mol. The lowest BCUT2D eigenvalue weighted by molar-refractivity contribution is 0.666. The number of rotatable bonds is 4. The number of hydrogen-bond donors (Lipinski definition) is 1. The first-order valence-corrected chi connectivity index (χ1v) is 6.17. The smallest absolute Gasteiger partial charge is 0.0472 e. The van der Waals surface area contributed by atoms with Crippen LogP contribution in [-0.2, 0) is 13.0 Å². The van der Waals surface area contributed by atoms with Gasteiger partial charge in [0.25, 0.3) is 0 Å². The Morgan fingerprint density at radius 3 is 2.59 bits per heavy atom. The number of nitrogens with two attached hydrogens (primary N) is 1. The molecule has 0 fully saturated rings. The number of benzene rings is 1. The summed E-state index contributed by atoms with van der Waals surface area (Å²) in [5.41, 5.74) is 8.35. The van der Waals surface area contributed by atoms with Gasteiger partial charge in [0, 0.05) is 35.9 Å².